The van der Waals surface area contributed by atoms with Gasteiger partial charge in [0.15, 0.2) is 0 Å². The van der Waals surface area contributed by atoms with Crippen LogP contribution in [0.4, 0.5) is 0 Å². The third kappa shape index (κ3) is 2.98. The molecule has 5 heteroatoms. The van der Waals surface area contributed by atoms with Gasteiger partial charge in [-0.2, -0.15) is 4.98 Å². The van der Waals surface area contributed by atoms with E-state index in [4.69, 9.17) is 4.52 Å². The second kappa shape index (κ2) is 6.28. The monoisotopic (exact) mass is 280 g/mol. The minimum Gasteiger partial charge on any atom is -0.334 e. The summed E-state index contributed by atoms with van der Waals surface area (Å²) in [6.45, 7) is 0.905. The van der Waals surface area contributed by atoms with E-state index in [1.54, 1.807) is 12.4 Å². The summed E-state index contributed by atoms with van der Waals surface area (Å²) in [6, 6.07) is 11.8. The van der Waals surface area contributed by atoms with E-state index in [0.29, 0.717) is 11.7 Å². The summed E-state index contributed by atoms with van der Waals surface area (Å²) in [6.07, 6.45) is 4.35. The zero-order chi connectivity index (χ0) is 14.5. The smallest absolute Gasteiger partial charge is 0.258 e. The normalized spacial score (nSPS) is 10.7. The lowest BCUT2D eigenvalue weighted by Crippen LogP contribution is -2.10. The fourth-order valence-corrected chi connectivity index (χ4v) is 2.16. The van der Waals surface area contributed by atoms with Crippen LogP contribution in [0.15, 0.2) is 53.3 Å². The molecule has 0 fully saturated rings. The van der Waals surface area contributed by atoms with E-state index < -0.39 is 0 Å². The van der Waals surface area contributed by atoms with Crippen molar-refractivity contribution in [1.82, 2.24) is 20.4 Å². The number of likely N-dealkylation sites (N-methyl/N-ethyl adjacent to an activating group) is 1. The van der Waals surface area contributed by atoms with E-state index in [1.807, 2.05) is 37.4 Å². The number of hydrogen-bond donors (Lipinski definition) is 1. The van der Waals surface area contributed by atoms with E-state index in [2.05, 4.69) is 26.5 Å². The molecule has 3 rings (SSSR count). The lowest BCUT2D eigenvalue weighted by atomic mass is 10.0. The Morgan fingerprint density at radius 2 is 1.90 bits per heavy atom. The Bertz CT molecular complexity index is 709. The number of aromatic nitrogens is 3. The Balaban J connectivity index is 1.93. The quantitative estimate of drug-likeness (QED) is 0.778. The predicted molar refractivity (Wildman–Crippen MR) is 80.6 cm³/mol. The van der Waals surface area contributed by atoms with Crippen LogP contribution in [0.3, 0.4) is 0 Å². The van der Waals surface area contributed by atoms with Gasteiger partial charge in [0.05, 0.1) is 0 Å². The summed E-state index contributed by atoms with van der Waals surface area (Å²) in [5, 5.41) is 7.21. The van der Waals surface area contributed by atoms with Gasteiger partial charge in [0.1, 0.15) is 0 Å². The van der Waals surface area contributed by atoms with Gasteiger partial charge in [-0.1, -0.05) is 23.4 Å². The largest absolute Gasteiger partial charge is 0.334 e. The van der Waals surface area contributed by atoms with Gasteiger partial charge in [-0.05, 0) is 43.8 Å². The number of pyridine rings is 1. The summed E-state index contributed by atoms with van der Waals surface area (Å²) < 4.78 is 5.42. The van der Waals surface area contributed by atoms with Crippen molar-refractivity contribution in [3.8, 4) is 22.8 Å². The molecule has 2 aromatic heterocycles. The van der Waals surface area contributed by atoms with Crippen LogP contribution in [-0.4, -0.2) is 28.7 Å². The van der Waals surface area contributed by atoms with Crippen LogP contribution in [0.1, 0.15) is 5.56 Å². The van der Waals surface area contributed by atoms with Crippen LogP contribution in [0.2, 0.25) is 0 Å². The number of rotatable bonds is 5. The lowest BCUT2D eigenvalue weighted by Gasteiger charge is -2.05. The fraction of sp³-hybridized carbons (Fsp3) is 0.188. The number of nitrogens with one attached hydrogen (secondary N) is 1. The van der Waals surface area contributed by atoms with Crippen molar-refractivity contribution in [2.75, 3.05) is 13.6 Å². The molecule has 0 radical (unpaired) electrons. The van der Waals surface area contributed by atoms with Crippen LogP contribution in [0.5, 0.6) is 0 Å². The second-order valence-corrected chi connectivity index (χ2v) is 4.67. The molecule has 0 spiro atoms. The van der Waals surface area contributed by atoms with Crippen molar-refractivity contribution in [1.29, 1.82) is 0 Å². The Kier molecular flexibility index (Phi) is 4.02. The molecule has 0 aliphatic heterocycles. The minimum atomic E-state index is 0.550. The van der Waals surface area contributed by atoms with Gasteiger partial charge < -0.3 is 9.84 Å². The highest BCUT2D eigenvalue weighted by Crippen LogP contribution is 2.25. The Labute approximate surface area is 123 Å². The molecule has 0 unspecified atom stereocenters. The van der Waals surface area contributed by atoms with Gasteiger partial charge >= 0.3 is 0 Å². The summed E-state index contributed by atoms with van der Waals surface area (Å²) in [5.74, 6) is 1.13. The average molecular weight is 280 g/mol. The van der Waals surface area contributed by atoms with Gasteiger partial charge in [0.25, 0.3) is 5.89 Å². The molecule has 0 bridgehead atoms. The molecule has 5 nitrogen and oxygen atoms in total. The summed E-state index contributed by atoms with van der Waals surface area (Å²) >= 11 is 0. The molecule has 0 saturated carbocycles. The van der Waals surface area contributed by atoms with Crippen LogP contribution in [-0.2, 0) is 6.42 Å². The first-order chi connectivity index (χ1) is 10.4. The molecule has 21 heavy (non-hydrogen) atoms. The van der Waals surface area contributed by atoms with Crippen LogP contribution < -0.4 is 5.32 Å². The Morgan fingerprint density at radius 1 is 1.10 bits per heavy atom. The van der Waals surface area contributed by atoms with Crippen molar-refractivity contribution in [3.05, 3.63) is 54.4 Å². The van der Waals surface area contributed by atoms with Crippen molar-refractivity contribution < 1.29 is 4.52 Å². The van der Waals surface area contributed by atoms with E-state index >= 15 is 0 Å². The number of benzene rings is 1. The van der Waals surface area contributed by atoms with Crippen molar-refractivity contribution in [2.24, 2.45) is 0 Å². The highest BCUT2D eigenvalue weighted by atomic mass is 16.5. The predicted octanol–water partition coefficient (Wildman–Crippen LogP) is 2.56. The van der Waals surface area contributed by atoms with Crippen LogP contribution in [0.25, 0.3) is 22.8 Å². The van der Waals surface area contributed by atoms with Crippen molar-refractivity contribution >= 4 is 0 Å². The maximum atomic E-state index is 5.42. The second-order valence-electron chi connectivity index (χ2n) is 4.67. The zero-order valence-electron chi connectivity index (χ0n) is 11.8. The fourth-order valence-electron chi connectivity index (χ4n) is 2.16. The maximum absolute atomic E-state index is 5.42. The number of nitrogens with zero attached hydrogens (tertiary/aromatic N) is 3. The third-order valence-electron chi connectivity index (χ3n) is 3.26. The molecule has 0 atom stereocenters. The standard InChI is InChI=1S/C16H16N4O/c1-17-9-6-12-4-2-3-5-14(12)16-19-15(20-21-16)13-7-10-18-11-8-13/h2-5,7-8,10-11,17H,6,9H2,1H3. The summed E-state index contributed by atoms with van der Waals surface area (Å²) in [7, 11) is 1.94. The van der Waals surface area contributed by atoms with E-state index in [9.17, 15) is 0 Å². The maximum Gasteiger partial charge on any atom is 0.258 e. The van der Waals surface area contributed by atoms with Gasteiger partial charge in [0, 0.05) is 23.5 Å². The zero-order valence-corrected chi connectivity index (χ0v) is 11.8. The van der Waals surface area contributed by atoms with Gasteiger partial charge in [0.2, 0.25) is 5.82 Å². The Morgan fingerprint density at radius 3 is 2.71 bits per heavy atom. The summed E-state index contributed by atoms with van der Waals surface area (Å²) in [4.78, 5) is 8.48. The minimum absolute atomic E-state index is 0.550. The average Bonchev–Trinajstić information content (AvgIpc) is 3.04. The third-order valence-corrected chi connectivity index (χ3v) is 3.26. The molecule has 0 saturated heterocycles. The first-order valence-electron chi connectivity index (χ1n) is 6.85. The molecule has 2 heterocycles. The van der Waals surface area contributed by atoms with Gasteiger partial charge in [-0.3, -0.25) is 4.98 Å². The molecular formula is C16H16N4O. The Hall–Kier alpha value is -2.53. The molecule has 3 aromatic rings. The van der Waals surface area contributed by atoms with Gasteiger partial charge in [-0.15, -0.1) is 0 Å². The first-order valence-corrected chi connectivity index (χ1v) is 6.85. The van der Waals surface area contributed by atoms with Gasteiger partial charge in [-0.25, -0.2) is 0 Å². The molecule has 106 valence electrons. The molecule has 0 aliphatic rings. The van der Waals surface area contributed by atoms with E-state index in [0.717, 1.165) is 24.1 Å². The van der Waals surface area contributed by atoms with E-state index in [-0.39, 0.29) is 0 Å². The van der Waals surface area contributed by atoms with Crippen LogP contribution in [0, 0.1) is 0 Å². The SMILES string of the molecule is CNCCc1ccccc1-c1nc(-c2ccncc2)no1. The van der Waals surface area contributed by atoms with Crippen LogP contribution >= 0.6 is 0 Å². The molecular weight excluding hydrogens is 264 g/mol. The lowest BCUT2D eigenvalue weighted by molar-refractivity contribution is 0.432. The topological polar surface area (TPSA) is 63.8 Å². The molecule has 0 aliphatic carbocycles. The molecule has 1 aromatic carbocycles. The highest BCUT2D eigenvalue weighted by molar-refractivity contribution is 5.62. The highest BCUT2D eigenvalue weighted by Gasteiger charge is 2.13. The van der Waals surface area contributed by atoms with Crippen molar-refractivity contribution in [2.45, 2.75) is 6.42 Å². The molecule has 1 N–H and O–H groups in total. The summed E-state index contributed by atoms with van der Waals surface area (Å²) in [5.41, 5.74) is 3.07. The first kappa shape index (κ1) is 13.5. The number of hydrogen-bond acceptors (Lipinski definition) is 5. The molecule has 0 amide bonds. The van der Waals surface area contributed by atoms with E-state index in [1.165, 1.54) is 5.56 Å². The van der Waals surface area contributed by atoms with Crippen molar-refractivity contribution in [3.63, 3.8) is 0 Å².